The molecule has 1 aliphatic heterocycles. The first-order chi connectivity index (χ1) is 7.86. The molecule has 4 heteroatoms. The van der Waals surface area contributed by atoms with E-state index < -0.39 is 0 Å². The minimum absolute atomic E-state index is 0.275. The van der Waals surface area contributed by atoms with E-state index in [0.29, 0.717) is 0 Å². The van der Waals surface area contributed by atoms with Gasteiger partial charge < -0.3 is 10.1 Å². The Bertz CT molecular complexity index is 298. The van der Waals surface area contributed by atoms with E-state index in [1.54, 1.807) is 12.4 Å². The normalized spacial score (nSPS) is 19.6. The minimum Gasteiger partial charge on any atom is -0.381 e. The summed E-state index contributed by atoms with van der Waals surface area (Å²) in [5.74, 6) is 0.743. The van der Waals surface area contributed by atoms with Gasteiger partial charge in [0.15, 0.2) is 0 Å². The lowest BCUT2D eigenvalue weighted by Crippen LogP contribution is -2.29. The molecule has 0 radical (unpaired) electrons. The average Bonchev–Trinajstić information content (AvgIpc) is 2.38. The van der Waals surface area contributed by atoms with E-state index in [9.17, 15) is 0 Å². The van der Waals surface area contributed by atoms with Crippen LogP contribution >= 0.6 is 0 Å². The lowest BCUT2D eigenvalue weighted by atomic mass is 10.00. The summed E-state index contributed by atoms with van der Waals surface area (Å²) in [6.07, 6.45) is 7.60. The van der Waals surface area contributed by atoms with E-state index in [1.807, 2.05) is 6.20 Å². The standard InChI is InChI=1S/C12H19N3O/c1-10(12-9-13-4-5-14-12)15-8-11-2-6-16-7-3-11/h4-5,9-11,15H,2-3,6-8H2,1H3. The van der Waals surface area contributed by atoms with Crippen LogP contribution in [0.15, 0.2) is 18.6 Å². The lowest BCUT2D eigenvalue weighted by Gasteiger charge is -2.24. The van der Waals surface area contributed by atoms with Crippen LogP contribution in [0.5, 0.6) is 0 Å². The number of hydrogen-bond donors (Lipinski definition) is 1. The summed E-state index contributed by atoms with van der Waals surface area (Å²) in [5.41, 5.74) is 1.01. The van der Waals surface area contributed by atoms with Gasteiger partial charge in [-0.2, -0.15) is 0 Å². The Kier molecular flexibility index (Phi) is 4.25. The molecule has 1 aromatic rings. The van der Waals surface area contributed by atoms with Crippen LogP contribution in [0.4, 0.5) is 0 Å². The van der Waals surface area contributed by atoms with Crippen LogP contribution in [0.2, 0.25) is 0 Å². The van der Waals surface area contributed by atoms with Crippen LogP contribution in [0, 0.1) is 5.92 Å². The van der Waals surface area contributed by atoms with E-state index in [-0.39, 0.29) is 6.04 Å². The third-order valence-corrected chi connectivity index (χ3v) is 3.08. The summed E-state index contributed by atoms with van der Waals surface area (Å²) < 4.78 is 5.34. The molecule has 16 heavy (non-hydrogen) atoms. The fourth-order valence-electron chi connectivity index (χ4n) is 1.93. The predicted octanol–water partition coefficient (Wildman–Crippen LogP) is 1.55. The molecule has 1 aliphatic rings. The van der Waals surface area contributed by atoms with Gasteiger partial charge in [-0.3, -0.25) is 9.97 Å². The van der Waals surface area contributed by atoms with Crippen molar-refractivity contribution in [1.82, 2.24) is 15.3 Å². The molecule has 4 nitrogen and oxygen atoms in total. The minimum atomic E-state index is 0.275. The van der Waals surface area contributed by atoms with Crippen molar-refractivity contribution in [2.24, 2.45) is 5.92 Å². The van der Waals surface area contributed by atoms with Crippen LogP contribution in [-0.4, -0.2) is 29.7 Å². The average molecular weight is 221 g/mol. The SMILES string of the molecule is CC(NCC1CCOCC1)c1cnccn1. The first kappa shape index (κ1) is 11.5. The van der Waals surface area contributed by atoms with Gasteiger partial charge >= 0.3 is 0 Å². The Hall–Kier alpha value is -1.00. The highest BCUT2D eigenvalue weighted by atomic mass is 16.5. The summed E-state index contributed by atoms with van der Waals surface area (Å²) >= 11 is 0. The van der Waals surface area contributed by atoms with Crippen molar-refractivity contribution in [3.05, 3.63) is 24.3 Å². The summed E-state index contributed by atoms with van der Waals surface area (Å²) in [7, 11) is 0. The number of rotatable bonds is 4. The van der Waals surface area contributed by atoms with Crippen LogP contribution in [-0.2, 0) is 4.74 Å². The van der Waals surface area contributed by atoms with Crippen LogP contribution in [0.3, 0.4) is 0 Å². The smallest absolute Gasteiger partial charge is 0.0753 e. The zero-order valence-electron chi connectivity index (χ0n) is 9.72. The number of nitrogens with zero attached hydrogens (tertiary/aromatic N) is 2. The van der Waals surface area contributed by atoms with Gasteiger partial charge in [-0.05, 0) is 32.2 Å². The highest BCUT2D eigenvalue weighted by Gasteiger charge is 2.15. The summed E-state index contributed by atoms with van der Waals surface area (Å²) in [5, 5.41) is 3.51. The third kappa shape index (κ3) is 3.25. The maximum absolute atomic E-state index is 5.34. The Morgan fingerprint density at radius 2 is 2.25 bits per heavy atom. The lowest BCUT2D eigenvalue weighted by molar-refractivity contribution is 0.0656. The van der Waals surface area contributed by atoms with Crippen molar-refractivity contribution in [2.75, 3.05) is 19.8 Å². The van der Waals surface area contributed by atoms with Crippen molar-refractivity contribution in [3.8, 4) is 0 Å². The second-order valence-corrected chi connectivity index (χ2v) is 4.32. The molecule has 1 saturated heterocycles. The van der Waals surface area contributed by atoms with E-state index in [0.717, 1.165) is 31.4 Å². The monoisotopic (exact) mass is 221 g/mol. The van der Waals surface area contributed by atoms with Crippen LogP contribution in [0.1, 0.15) is 31.5 Å². The van der Waals surface area contributed by atoms with Crippen molar-refractivity contribution in [1.29, 1.82) is 0 Å². The van der Waals surface area contributed by atoms with Gasteiger partial charge in [0, 0.05) is 37.8 Å². The van der Waals surface area contributed by atoms with Crippen molar-refractivity contribution in [3.63, 3.8) is 0 Å². The maximum Gasteiger partial charge on any atom is 0.0753 e. The Morgan fingerprint density at radius 3 is 2.94 bits per heavy atom. The van der Waals surface area contributed by atoms with Gasteiger partial charge in [0.2, 0.25) is 0 Å². The molecule has 1 fully saturated rings. The molecular weight excluding hydrogens is 202 g/mol. The van der Waals surface area contributed by atoms with Crippen molar-refractivity contribution < 1.29 is 4.74 Å². The Morgan fingerprint density at radius 1 is 1.44 bits per heavy atom. The van der Waals surface area contributed by atoms with Crippen molar-refractivity contribution >= 4 is 0 Å². The Balaban J connectivity index is 1.77. The molecule has 1 aromatic heterocycles. The van der Waals surface area contributed by atoms with Crippen molar-refractivity contribution in [2.45, 2.75) is 25.8 Å². The molecule has 1 N–H and O–H groups in total. The molecule has 0 spiro atoms. The molecule has 0 saturated carbocycles. The molecule has 2 heterocycles. The maximum atomic E-state index is 5.34. The molecule has 0 aromatic carbocycles. The summed E-state index contributed by atoms with van der Waals surface area (Å²) in [6.45, 7) is 4.99. The molecule has 1 unspecified atom stereocenters. The highest BCUT2D eigenvalue weighted by molar-refractivity contribution is 5.00. The van der Waals surface area contributed by atoms with E-state index in [1.165, 1.54) is 12.8 Å². The number of aromatic nitrogens is 2. The number of hydrogen-bond acceptors (Lipinski definition) is 4. The molecule has 1 atom stereocenters. The summed E-state index contributed by atoms with van der Waals surface area (Å²) in [4.78, 5) is 8.37. The number of nitrogens with one attached hydrogen (secondary N) is 1. The van der Waals surface area contributed by atoms with Gasteiger partial charge in [-0.1, -0.05) is 0 Å². The number of ether oxygens (including phenoxy) is 1. The fourth-order valence-corrected chi connectivity index (χ4v) is 1.93. The Labute approximate surface area is 96.4 Å². The second-order valence-electron chi connectivity index (χ2n) is 4.32. The predicted molar refractivity (Wildman–Crippen MR) is 62.0 cm³/mol. The fraction of sp³-hybridized carbons (Fsp3) is 0.667. The second kappa shape index (κ2) is 5.92. The zero-order chi connectivity index (χ0) is 11.2. The first-order valence-corrected chi connectivity index (χ1v) is 5.93. The van der Waals surface area contributed by atoms with Gasteiger partial charge in [-0.15, -0.1) is 0 Å². The molecule has 2 rings (SSSR count). The quantitative estimate of drug-likeness (QED) is 0.838. The largest absolute Gasteiger partial charge is 0.381 e. The molecule has 0 aliphatic carbocycles. The van der Waals surface area contributed by atoms with Crippen LogP contribution < -0.4 is 5.32 Å². The zero-order valence-corrected chi connectivity index (χ0v) is 9.72. The third-order valence-electron chi connectivity index (χ3n) is 3.08. The first-order valence-electron chi connectivity index (χ1n) is 5.93. The van der Waals surface area contributed by atoms with E-state index >= 15 is 0 Å². The topological polar surface area (TPSA) is 47.0 Å². The van der Waals surface area contributed by atoms with Crippen LogP contribution in [0.25, 0.3) is 0 Å². The van der Waals surface area contributed by atoms with Gasteiger partial charge in [0.1, 0.15) is 0 Å². The van der Waals surface area contributed by atoms with Gasteiger partial charge in [0.25, 0.3) is 0 Å². The van der Waals surface area contributed by atoms with Gasteiger partial charge in [0.05, 0.1) is 5.69 Å². The molecule has 0 bridgehead atoms. The molecular formula is C12H19N3O. The molecule has 0 amide bonds. The van der Waals surface area contributed by atoms with Gasteiger partial charge in [-0.25, -0.2) is 0 Å². The highest BCUT2D eigenvalue weighted by Crippen LogP contribution is 2.15. The van der Waals surface area contributed by atoms with E-state index in [4.69, 9.17) is 4.74 Å². The summed E-state index contributed by atoms with van der Waals surface area (Å²) in [6, 6.07) is 0.275. The molecule has 88 valence electrons. The van der Waals surface area contributed by atoms with E-state index in [2.05, 4.69) is 22.2 Å².